The maximum atomic E-state index is 12.7. The Morgan fingerprint density at radius 3 is 2.05 bits per heavy atom. The zero-order valence-corrected chi connectivity index (χ0v) is 24.8. The van der Waals surface area contributed by atoms with Crippen LogP contribution in [0.1, 0.15) is 4.88 Å². The molecule has 4 aromatic carbocycles. The summed E-state index contributed by atoms with van der Waals surface area (Å²) in [7, 11) is 2.77. The first-order chi connectivity index (χ1) is 20.9. The summed E-state index contributed by atoms with van der Waals surface area (Å²) in [6.45, 7) is 0. The zero-order valence-electron chi connectivity index (χ0n) is 23.2. The van der Waals surface area contributed by atoms with Crippen molar-refractivity contribution in [3.8, 4) is 16.1 Å². The number of thiophene rings is 2. The molecule has 0 saturated carbocycles. The Kier molecular flexibility index (Phi) is 5.66. The third-order valence-corrected chi connectivity index (χ3v) is 10.3. The standard InChI is InChI=1S/C35H23N3O3S2/c1-36-33(39)27(34(40)37(2)35(36)41)19-24-14-21-16-32-22(18-31(21)42-24)17-30(43-32)20-12-13-29-26(15-20)25-10-6-7-11-28(25)38(29)23-8-4-3-5-9-23/h3-19H,1-2H3. The van der Waals surface area contributed by atoms with Crippen LogP contribution in [0.5, 0.6) is 0 Å². The lowest BCUT2D eigenvalue weighted by Gasteiger charge is -2.28. The number of para-hydroxylation sites is 2. The predicted molar refractivity (Wildman–Crippen MR) is 176 cm³/mol. The minimum absolute atomic E-state index is 0.00994. The highest BCUT2D eigenvalue weighted by Crippen LogP contribution is 2.41. The number of amides is 4. The van der Waals surface area contributed by atoms with E-state index < -0.39 is 17.8 Å². The SMILES string of the molecule is CN1C(=O)C(=Cc2cc3cc4sc(-c5ccc6c(c5)c5ccccc5n6-c5ccccc5)cc4cc3s2)C(=O)N(C)C1=O. The lowest BCUT2D eigenvalue weighted by Crippen LogP contribution is -2.52. The highest BCUT2D eigenvalue weighted by molar-refractivity contribution is 7.23. The van der Waals surface area contributed by atoms with E-state index in [0.717, 1.165) is 35.8 Å². The van der Waals surface area contributed by atoms with Gasteiger partial charge in [0, 0.05) is 49.7 Å². The molecule has 8 rings (SSSR count). The molecular formula is C35H23N3O3S2. The summed E-state index contributed by atoms with van der Waals surface area (Å²) in [6.07, 6.45) is 1.59. The number of fused-ring (bicyclic) bond motifs is 5. The first-order valence-corrected chi connectivity index (χ1v) is 15.4. The fourth-order valence-electron chi connectivity index (χ4n) is 5.90. The molecule has 4 amide bonds. The Balaban J connectivity index is 1.19. The van der Waals surface area contributed by atoms with Gasteiger partial charge in [-0.15, -0.1) is 22.7 Å². The molecule has 0 aliphatic carbocycles. The third kappa shape index (κ3) is 3.95. The van der Waals surface area contributed by atoms with Gasteiger partial charge in [-0.25, -0.2) is 4.79 Å². The summed E-state index contributed by atoms with van der Waals surface area (Å²) in [4.78, 5) is 41.3. The number of rotatable bonds is 3. The summed E-state index contributed by atoms with van der Waals surface area (Å²) in [5.74, 6) is -1.17. The van der Waals surface area contributed by atoms with Crippen molar-refractivity contribution < 1.29 is 14.4 Å². The molecule has 0 radical (unpaired) electrons. The molecule has 1 saturated heterocycles. The summed E-state index contributed by atoms with van der Waals surface area (Å²) in [6, 6.07) is 33.7. The number of carbonyl (C=O) groups excluding carboxylic acids is 3. The molecular weight excluding hydrogens is 575 g/mol. The van der Waals surface area contributed by atoms with Gasteiger partial charge in [-0.2, -0.15) is 0 Å². The van der Waals surface area contributed by atoms with E-state index in [1.165, 1.54) is 62.4 Å². The van der Waals surface area contributed by atoms with Crippen LogP contribution in [0.3, 0.4) is 0 Å². The number of likely N-dealkylation sites (N-methyl/N-ethyl adjacent to an activating group) is 2. The second-order valence-electron chi connectivity index (χ2n) is 10.7. The van der Waals surface area contributed by atoms with Crippen molar-refractivity contribution in [3.63, 3.8) is 0 Å². The van der Waals surface area contributed by atoms with E-state index in [2.05, 4.69) is 89.5 Å². The highest BCUT2D eigenvalue weighted by Gasteiger charge is 2.37. The maximum Gasteiger partial charge on any atom is 0.333 e. The van der Waals surface area contributed by atoms with Crippen molar-refractivity contribution in [2.45, 2.75) is 0 Å². The van der Waals surface area contributed by atoms with Crippen molar-refractivity contribution in [2.75, 3.05) is 14.1 Å². The maximum absolute atomic E-state index is 12.7. The average molecular weight is 598 g/mol. The first kappa shape index (κ1) is 25.6. The second-order valence-corrected chi connectivity index (χ2v) is 12.9. The van der Waals surface area contributed by atoms with E-state index in [-0.39, 0.29) is 5.57 Å². The largest absolute Gasteiger partial charge is 0.333 e. The van der Waals surface area contributed by atoms with Crippen LogP contribution in [0.25, 0.3) is 64.2 Å². The van der Waals surface area contributed by atoms with E-state index >= 15 is 0 Å². The fourth-order valence-corrected chi connectivity index (χ4v) is 8.03. The van der Waals surface area contributed by atoms with Gasteiger partial charge < -0.3 is 4.57 Å². The van der Waals surface area contributed by atoms with Crippen LogP contribution in [-0.4, -0.2) is 46.3 Å². The van der Waals surface area contributed by atoms with Crippen LogP contribution < -0.4 is 0 Å². The van der Waals surface area contributed by atoms with Crippen LogP contribution in [-0.2, 0) is 9.59 Å². The number of urea groups is 1. The number of hydrogen-bond acceptors (Lipinski definition) is 5. The van der Waals surface area contributed by atoms with Gasteiger partial charge in [0.1, 0.15) is 5.57 Å². The van der Waals surface area contributed by atoms with Crippen LogP contribution in [0.4, 0.5) is 4.79 Å². The van der Waals surface area contributed by atoms with Gasteiger partial charge in [0.15, 0.2) is 0 Å². The molecule has 0 bridgehead atoms. The smallest absolute Gasteiger partial charge is 0.309 e. The van der Waals surface area contributed by atoms with Gasteiger partial charge in [-0.1, -0.05) is 42.5 Å². The average Bonchev–Trinajstić information content (AvgIpc) is 3.72. The van der Waals surface area contributed by atoms with Crippen molar-refractivity contribution in [1.82, 2.24) is 14.4 Å². The van der Waals surface area contributed by atoms with E-state index in [1.54, 1.807) is 17.4 Å². The second kappa shape index (κ2) is 9.49. The normalized spacial score (nSPS) is 14.3. The van der Waals surface area contributed by atoms with Gasteiger partial charge in [0.05, 0.1) is 11.0 Å². The number of nitrogens with zero attached hydrogens (tertiary/aromatic N) is 3. The van der Waals surface area contributed by atoms with Crippen LogP contribution in [0.15, 0.2) is 103 Å². The molecule has 0 N–H and O–H groups in total. The molecule has 0 atom stereocenters. The molecule has 0 unspecified atom stereocenters. The molecule has 1 aliphatic rings. The molecule has 1 fully saturated rings. The molecule has 8 heteroatoms. The topological polar surface area (TPSA) is 62.6 Å². The van der Waals surface area contributed by atoms with Gasteiger partial charge in [-0.05, 0) is 77.0 Å². The minimum atomic E-state index is -0.624. The van der Waals surface area contributed by atoms with E-state index in [4.69, 9.17) is 0 Å². The number of hydrogen-bond donors (Lipinski definition) is 0. The molecule has 208 valence electrons. The molecule has 6 nitrogen and oxygen atoms in total. The van der Waals surface area contributed by atoms with E-state index in [0.29, 0.717) is 0 Å². The summed E-state index contributed by atoms with van der Waals surface area (Å²) >= 11 is 3.27. The first-order valence-electron chi connectivity index (χ1n) is 13.8. The Hall–Kier alpha value is -5.05. The van der Waals surface area contributed by atoms with Gasteiger partial charge >= 0.3 is 6.03 Å². The number of benzene rings is 4. The van der Waals surface area contributed by atoms with Crippen LogP contribution in [0, 0.1) is 0 Å². The summed E-state index contributed by atoms with van der Waals surface area (Å²) < 4.78 is 4.56. The number of imide groups is 2. The van der Waals surface area contributed by atoms with E-state index in [1.807, 2.05) is 12.1 Å². The molecule has 7 aromatic rings. The molecule has 0 spiro atoms. The third-order valence-electron chi connectivity index (χ3n) is 8.08. The van der Waals surface area contributed by atoms with Crippen molar-refractivity contribution >= 4 is 88.6 Å². The Bertz CT molecular complexity index is 2270. The van der Waals surface area contributed by atoms with Gasteiger partial charge in [0.2, 0.25) is 0 Å². The number of barbiturate groups is 1. The fraction of sp³-hybridized carbons (Fsp3) is 0.0571. The zero-order chi connectivity index (χ0) is 29.4. The lowest BCUT2D eigenvalue weighted by molar-refractivity contribution is -0.134. The monoisotopic (exact) mass is 597 g/mol. The van der Waals surface area contributed by atoms with Gasteiger partial charge in [-0.3, -0.25) is 19.4 Å². The van der Waals surface area contributed by atoms with Crippen LogP contribution in [0.2, 0.25) is 0 Å². The molecule has 3 aromatic heterocycles. The van der Waals surface area contributed by atoms with Crippen molar-refractivity contribution in [2.24, 2.45) is 0 Å². The minimum Gasteiger partial charge on any atom is -0.309 e. The van der Waals surface area contributed by atoms with Gasteiger partial charge in [0.25, 0.3) is 11.8 Å². The summed E-state index contributed by atoms with van der Waals surface area (Å²) in [5.41, 5.74) is 4.67. The lowest BCUT2D eigenvalue weighted by atomic mass is 10.1. The Labute approximate surface area is 254 Å². The number of aromatic nitrogens is 1. The molecule has 43 heavy (non-hydrogen) atoms. The molecule has 4 heterocycles. The summed E-state index contributed by atoms with van der Waals surface area (Å²) in [5, 5.41) is 4.64. The Morgan fingerprint density at radius 1 is 0.628 bits per heavy atom. The Morgan fingerprint density at radius 2 is 1.28 bits per heavy atom. The predicted octanol–water partition coefficient (Wildman–Crippen LogP) is 8.31. The quantitative estimate of drug-likeness (QED) is 0.152. The van der Waals surface area contributed by atoms with Crippen LogP contribution >= 0.6 is 22.7 Å². The van der Waals surface area contributed by atoms with E-state index in [9.17, 15) is 14.4 Å². The molecule has 1 aliphatic heterocycles. The highest BCUT2D eigenvalue weighted by atomic mass is 32.1. The van der Waals surface area contributed by atoms with Crippen molar-refractivity contribution in [3.05, 3.63) is 108 Å². The van der Waals surface area contributed by atoms with Crippen molar-refractivity contribution in [1.29, 1.82) is 0 Å². The number of carbonyl (C=O) groups is 3.